The highest BCUT2D eigenvalue weighted by atomic mass is 16.4. The minimum absolute atomic E-state index is 0.0960. The van der Waals surface area contributed by atoms with Crippen molar-refractivity contribution in [3.63, 3.8) is 0 Å². The molecule has 5 heteroatoms. The molecule has 0 aromatic rings. The van der Waals surface area contributed by atoms with Crippen molar-refractivity contribution in [2.75, 3.05) is 27.2 Å². The lowest BCUT2D eigenvalue weighted by molar-refractivity contribution is -0.143. The van der Waals surface area contributed by atoms with E-state index in [0.29, 0.717) is 19.5 Å². The van der Waals surface area contributed by atoms with Crippen LogP contribution in [0.3, 0.4) is 0 Å². The summed E-state index contributed by atoms with van der Waals surface area (Å²) in [6, 6.07) is 0. The number of hydrogen-bond donors (Lipinski definition) is 2. The molecule has 98 valence electrons. The van der Waals surface area contributed by atoms with Gasteiger partial charge < -0.3 is 15.3 Å². The molecule has 0 radical (unpaired) electrons. The standard InChI is InChI=1S/C12H22N2O3/c1-14(2)11(15)6-7-13-8-9-4-3-5-10(9)12(16)17/h9-10,13H,3-8H2,1-2H3,(H,16,17). The first-order chi connectivity index (χ1) is 8.02. The Morgan fingerprint density at radius 2 is 2.06 bits per heavy atom. The Morgan fingerprint density at radius 1 is 1.35 bits per heavy atom. The van der Waals surface area contributed by atoms with Gasteiger partial charge in [-0.15, -0.1) is 0 Å². The van der Waals surface area contributed by atoms with Crippen LogP contribution in [0.2, 0.25) is 0 Å². The Bertz CT molecular complexity index is 279. The van der Waals surface area contributed by atoms with Crippen LogP contribution in [0.1, 0.15) is 25.7 Å². The van der Waals surface area contributed by atoms with Gasteiger partial charge in [-0.3, -0.25) is 9.59 Å². The van der Waals surface area contributed by atoms with Crippen molar-refractivity contribution in [2.24, 2.45) is 11.8 Å². The maximum absolute atomic E-state index is 11.3. The van der Waals surface area contributed by atoms with Crippen LogP contribution in [0, 0.1) is 11.8 Å². The van der Waals surface area contributed by atoms with E-state index in [4.69, 9.17) is 5.11 Å². The summed E-state index contributed by atoms with van der Waals surface area (Å²) in [6.45, 7) is 1.33. The highest BCUT2D eigenvalue weighted by molar-refractivity contribution is 5.75. The predicted octanol–water partition coefficient (Wildman–Crippen LogP) is 0.555. The number of carboxylic acid groups (broad SMARTS) is 1. The molecule has 0 heterocycles. The molecule has 1 amide bonds. The lowest BCUT2D eigenvalue weighted by Crippen LogP contribution is -2.32. The highest BCUT2D eigenvalue weighted by Crippen LogP contribution is 2.31. The third kappa shape index (κ3) is 4.34. The van der Waals surface area contributed by atoms with Crippen LogP contribution in [0.25, 0.3) is 0 Å². The molecule has 2 unspecified atom stereocenters. The van der Waals surface area contributed by atoms with E-state index in [1.54, 1.807) is 19.0 Å². The Hall–Kier alpha value is -1.10. The van der Waals surface area contributed by atoms with Gasteiger partial charge in [-0.05, 0) is 25.3 Å². The molecule has 0 spiro atoms. The first kappa shape index (κ1) is 14.0. The molecule has 0 saturated heterocycles. The first-order valence-electron chi connectivity index (χ1n) is 6.16. The maximum atomic E-state index is 11.3. The van der Waals surface area contributed by atoms with Gasteiger partial charge in [0.05, 0.1) is 5.92 Å². The Labute approximate surface area is 102 Å². The van der Waals surface area contributed by atoms with Gasteiger partial charge in [-0.25, -0.2) is 0 Å². The molecule has 1 rings (SSSR count). The van der Waals surface area contributed by atoms with Crippen LogP contribution in [-0.2, 0) is 9.59 Å². The van der Waals surface area contributed by atoms with Gasteiger partial charge >= 0.3 is 5.97 Å². The van der Waals surface area contributed by atoms with E-state index in [1.165, 1.54) is 0 Å². The zero-order valence-corrected chi connectivity index (χ0v) is 10.6. The second-order valence-electron chi connectivity index (χ2n) is 4.88. The number of hydrogen-bond acceptors (Lipinski definition) is 3. The smallest absolute Gasteiger partial charge is 0.306 e. The zero-order chi connectivity index (χ0) is 12.8. The van der Waals surface area contributed by atoms with Crippen molar-refractivity contribution in [3.8, 4) is 0 Å². The second-order valence-corrected chi connectivity index (χ2v) is 4.88. The summed E-state index contributed by atoms with van der Waals surface area (Å²) in [5, 5.41) is 12.2. The van der Waals surface area contributed by atoms with Crippen molar-refractivity contribution in [3.05, 3.63) is 0 Å². The Balaban J connectivity index is 2.18. The summed E-state index contributed by atoms with van der Waals surface area (Å²) in [5.41, 5.74) is 0. The van der Waals surface area contributed by atoms with Gasteiger partial charge in [-0.2, -0.15) is 0 Å². The summed E-state index contributed by atoms with van der Waals surface area (Å²) in [6.07, 6.45) is 3.24. The third-order valence-electron chi connectivity index (χ3n) is 3.40. The number of rotatable bonds is 6. The van der Waals surface area contributed by atoms with Crippen molar-refractivity contribution < 1.29 is 14.7 Å². The zero-order valence-electron chi connectivity index (χ0n) is 10.6. The molecule has 0 aliphatic heterocycles. The second kappa shape index (κ2) is 6.59. The van der Waals surface area contributed by atoms with Crippen LogP contribution in [-0.4, -0.2) is 49.1 Å². The summed E-state index contributed by atoms with van der Waals surface area (Å²) < 4.78 is 0. The molecule has 0 aromatic heterocycles. The number of aliphatic carboxylic acids is 1. The van der Waals surface area contributed by atoms with Crippen molar-refractivity contribution in [2.45, 2.75) is 25.7 Å². The highest BCUT2D eigenvalue weighted by Gasteiger charge is 2.32. The van der Waals surface area contributed by atoms with E-state index in [0.717, 1.165) is 19.3 Å². The fourth-order valence-electron chi connectivity index (χ4n) is 2.31. The molecule has 0 bridgehead atoms. The first-order valence-corrected chi connectivity index (χ1v) is 6.16. The lowest BCUT2D eigenvalue weighted by Gasteiger charge is -2.16. The summed E-state index contributed by atoms with van der Waals surface area (Å²) in [7, 11) is 3.47. The number of carboxylic acids is 1. The van der Waals surface area contributed by atoms with Gasteiger partial charge in [-0.1, -0.05) is 6.42 Å². The average molecular weight is 242 g/mol. The topological polar surface area (TPSA) is 69.6 Å². The van der Waals surface area contributed by atoms with E-state index in [1.807, 2.05) is 0 Å². The van der Waals surface area contributed by atoms with E-state index in [2.05, 4.69) is 5.32 Å². The fourth-order valence-corrected chi connectivity index (χ4v) is 2.31. The van der Waals surface area contributed by atoms with Crippen LogP contribution in [0.15, 0.2) is 0 Å². The summed E-state index contributed by atoms with van der Waals surface area (Å²) in [5.74, 6) is -0.564. The number of nitrogens with zero attached hydrogens (tertiary/aromatic N) is 1. The van der Waals surface area contributed by atoms with Gasteiger partial charge in [0.25, 0.3) is 0 Å². The molecular weight excluding hydrogens is 220 g/mol. The van der Waals surface area contributed by atoms with E-state index < -0.39 is 5.97 Å². The van der Waals surface area contributed by atoms with Gasteiger partial charge in [0.1, 0.15) is 0 Å². The van der Waals surface area contributed by atoms with Crippen LogP contribution >= 0.6 is 0 Å². The van der Waals surface area contributed by atoms with Crippen LogP contribution in [0.4, 0.5) is 0 Å². The normalized spacial score (nSPS) is 23.6. The molecule has 2 atom stereocenters. The van der Waals surface area contributed by atoms with E-state index in [9.17, 15) is 9.59 Å². The van der Waals surface area contributed by atoms with Crippen LogP contribution in [0.5, 0.6) is 0 Å². The lowest BCUT2D eigenvalue weighted by atomic mass is 9.96. The maximum Gasteiger partial charge on any atom is 0.306 e. The third-order valence-corrected chi connectivity index (χ3v) is 3.40. The molecule has 1 aliphatic carbocycles. The molecule has 1 fully saturated rings. The van der Waals surface area contributed by atoms with Crippen molar-refractivity contribution >= 4 is 11.9 Å². The van der Waals surface area contributed by atoms with Gasteiger partial charge in [0.2, 0.25) is 5.91 Å². The molecule has 17 heavy (non-hydrogen) atoms. The monoisotopic (exact) mass is 242 g/mol. The fraction of sp³-hybridized carbons (Fsp3) is 0.833. The minimum atomic E-state index is -0.682. The Morgan fingerprint density at radius 3 is 2.65 bits per heavy atom. The molecule has 1 aliphatic rings. The molecular formula is C12H22N2O3. The summed E-state index contributed by atoms with van der Waals surface area (Å²) in [4.78, 5) is 23.8. The SMILES string of the molecule is CN(C)C(=O)CCNCC1CCCC1C(=O)O. The molecule has 1 saturated carbocycles. The predicted molar refractivity (Wildman–Crippen MR) is 64.6 cm³/mol. The van der Waals surface area contributed by atoms with Gasteiger partial charge in [0.15, 0.2) is 0 Å². The van der Waals surface area contributed by atoms with Crippen molar-refractivity contribution in [1.82, 2.24) is 10.2 Å². The number of nitrogens with one attached hydrogen (secondary N) is 1. The van der Waals surface area contributed by atoms with Crippen LogP contribution < -0.4 is 5.32 Å². The van der Waals surface area contributed by atoms with E-state index in [-0.39, 0.29) is 17.7 Å². The molecule has 0 aromatic carbocycles. The number of carbonyl (C=O) groups is 2. The number of amides is 1. The molecule has 5 nitrogen and oxygen atoms in total. The molecule has 2 N–H and O–H groups in total. The van der Waals surface area contributed by atoms with Gasteiger partial charge in [0, 0.05) is 27.1 Å². The van der Waals surface area contributed by atoms with E-state index >= 15 is 0 Å². The quantitative estimate of drug-likeness (QED) is 0.668. The number of carbonyl (C=O) groups excluding carboxylic acids is 1. The largest absolute Gasteiger partial charge is 0.481 e. The van der Waals surface area contributed by atoms with Crippen molar-refractivity contribution in [1.29, 1.82) is 0 Å². The average Bonchev–Trinajstić information content (AvgIpc) is 2.72. The minimum Gasteiger partial charge on any atom is -0.481 e. The summed E-state index contributed by atoms with van der Waals surface area (Å²) >= 11 is 0. The Kier molecular flexibility index (Phi) is 5.41.